The summed E-state index contributed by atoms with van der Waals surface area (Å²) in [5, 5.41) is 10.9. The Bertz CT molecular complexity index is 1020. The largest absolute Gasteiger partial charge is 0.355 e. The standard InChI is InChI=1S/C28H41N5O2.C2H6/c1-20(2)11-24-12-22(31-33(24)23-9-7-6-8-10-23)13-25(34)29-16-21-14-28(15-21)18-32(19-28)17-26(35)30-27(3,4)5;1-2/h6-10,12,20-21H,11,13-19H2,1-5H3,(H,29,34)(H,30,35);1-2H3. The van der Waals surface area contributed by atoms with Gasteiger partial charge >= 0.3 is 0 Å². The average Bonchev–Trinajstić information content (AvgIpc) is 3.15. The summed E-state index contributed by atoms with van der Waals surface area (Å²) < 4.78 is 1.97. The molecular formula is C30H47N5O2. The predicted molar refractivity (Wildman–Crippen MR) is 150 cm³/mol. The minimum atomic E-state index is -0.185. The van der Waals surface area contributed by atoms with Crippen molar-refractivity contribution in [3.8, 4) is 5.69 Å². The van der Waals surface area contributed by atoms with Gasteiger partial charge in [0.15, 0.2) is 0 Å². The van der Waals surface area contributed by atoms with E-state index in [2.05, 4.69) is 35.4 Å². The number of carbonyl (C=O) groups excluding carboxylic acids is 2. The number of amides is 2. The van der Waals surface area contributed by atoms with Crippen LogP contribution in [0.4, 0.5) is 0 Å². The molecule has 4 rings (SSSR count). The Balaban J connectivity index is 0.00000186. The Labute approximate surface area is 223 Å². The highest BCUT2D eigenvalue weighted by molar-refractivity contribution is 5.79. The topological polar surface area (TPSA) is 79.3 Å². The van der Waals surface area contributed by atoms with Gasteiger partial charge in [-0.2, -0.15) is 5.10 Å². The lowest BCUT2D eigenvalue weighted by atomic mass is 9.57. The molecule has 204 valence electrons. The molecule has 1 spiro atoms. The Morgan fingerprint density at radius 2 is 1.73 bits per heavy atom. The Kier molecular flexibility index (Phi) is 9.57. The number of carbonyl (C=O) groups is 2. The molecule has 1 aliphatic heterocycles. The molecule has 0 unspecified atom stereocenters. The lowest BCUT2D eigenvalue weighted by Gasteiger charge is -2.59. The highest BCUT2D eigenvalue weighted by atomic mass is 16.2. The number of hydrogen-bond acceptors (Lipinski definition) is 4. The Morgan fingerprint density at radius 3 is 2.32 bits per heavy atom. The van der Waals surface area contributed by atoms with Crippen LogP contribution in [-0.2, 0) is 22.4 Å². The lowest BCUT2D eigenvalue weighted by Crippen LogP contribution is -2.64. The van der Waals surface area contributed by atoms with Crippen LogP contribution in [0.15, 0.2) is 36.4 Å². The zero-order valence-corrected chi connectivity index (χ0v) is 23.9. The van der Waals surface area contributed by atoms with E-state index < -0.39 is 0 Å². The van der Waals surface area contributed by atoms with Crippen molar-refractivity contribution in [1.82, 2.24) is 25.3 Å². The maximum absolute atomic E-state index is 12.7. The van der Waals surface area contributed by atoms with E-state index in [9.17, 15) is 9.59 Å². The van der Waals surface area contributed by atoms with Gasteiger partial charge in [0, 0.05) is 30.9 Å². The van der Waals surface area contributed by atoms with Gasteiger partial charge in [-0.1, -0.05) is 45.9 Å². The van der Waals surface area contributed by atoms with Gasteiger partial charge in [0.2, 0.25) is 11.8 Å². The fourth-order valence-corrected chi connectivity index (χ4v) is 5.65. The SMILES string of the molecule is CC.CC(C)Cc1cc(CC(=O)NCC2CC3(C2)CN(CC(=O)NC(C)(C)C)C3)nn1-c1ccccc1. The highest BCUT2D eigenvalue weighted by Crippen LogP contribution is 2.51. The summed E-state index contributed by atoms with van der Waals surface area (Å²) in [4.78, 5) is 27.0. The number of nitrogens with zero attached hydrogens (tertiary/aromatic N) is 3. The smallest absolute Gasteiger partial charge is 0.234 e. The molecule has 1 saturated carbocycles. The molecule has 2 heterocycles. The van der Waals surface area contributed by atoms with Crippen molar-refractivity contribution in [1.29, 1.82) is 0 Å². The molecule has 2 aliphatic rings. The van der Waals surface area contributed by atoms with E-state index >= 15 is 0 Å². The van der Waals surface area contributed by atoms with E-state index in [1.807, 2.05) is 69.6 Å². The molecule has 2 aromatic rings. The van der Waals surface area contributed by atoms with E-state index in [1.54, 1.807) is 0 Å². The van der Waals surface area contributed by atoms with Crippen molar-refractivity contribution < 1.29 is 9.59 Å². The normalized spacial score (nSPS) is 17.0. The zero-order chi connectivity index (χ0) is 27.2. The number of likely N-dealkylation sites (tertiary alicyclic amines) is 1. The van der Waals surface area contributed by atoms with Crippen LogP contribution in [0.25, 0.3) is 5.69 Å². The van der Waals surface area contributed by atoms with Crippen LogP contribution in [0.3, 0.4) is 0 Å². The number of hydrogen-bond donors (Lipinski definition) is 2. The minimum absolute atomic E-state index is 0.0360. The monoisotopic (exact) mass is 509 g/mol. The third kappa shape index (κ3) is 8.16. The summed E-state index contributed by atoms with van der Waals surface area (Å²) in [6.07, 6.45) is 3.49. The number of rotatable bonds is 9. The van der Waals surface area contributed by atoms with Crippen molar-refractivity contribution >= 4 is 11.8 Å². The van der Waals surface area contributed by atoms with Gasteiger partial charge in [0.05, 0.1) is 24.3 Å². The highest BCUT2D eigenvalue weighted by Gasteiger charge is 2.52. The molecular weight excluding hydrogens is 462 g/mol. The molecule has 1 aliphatic carbocycles. The third-order valence-corrected chi connectivity index (χ3v) is 6.82. The second-order valence-electron chi connectivity index (χ2n) is 12.2. The second-order valence-corrected chi connectivity index (χ2v) is 12.2. The summed E-state index contributed by atoms with van der Waals surface area (Å²) in [7, 11) is 0. The van der Waals surface area contributed by atoms with Crippen LogP contribution in [0, 0.1) is 17.3 Å². The summed E-state index contributed by atoms with van der Waals surface area (Å²) in [5.74, 6) is 1.18. The quantitative estimate of drug-likeness (QED) is 0.526. The summed E-state index contributed by atoms with van der Waals surface area (Å²) >= 11 is 0. The molecule has 37 heavy (non-hydrogen) atoms. The molecule has 7 nitrogen and oxygen atoms in total. The van der Waals surface area contributed by atoms with E-state index in [4.69, 9.17) is 5.10 Å². The maximum atomic E-state index is 12.7. The molecule has 1 aromatic carbocycles. The Morgan fingerprint density at radius 1 is 1.08 bits per heavy atom. The fourth-order valence-electron chi connectivity index (χ4n) is 5.65. The Hall–Kier alpha value is -2.67. The predicted octanol–water partition coefficient (Wildman–Crippen LogP) is 4.38. The minimum Gasteiger partial charge on any atom is -0.355 e. The van der Waals surface area contributed by atoms with E-state index in [-0.39, 0.29) is 17.4 Å². The van der Waals surface area contributed by atoms with Gasteiger partial charge in [-0.15, -0.1) is 0 Å². The maximum Gasteiger partial charge on any atom is 0.234 e. The summed E-state index contributed by atoms with van der Waals surface area (Å²) in [6.45, 7) is 17.6. The average molecular weight is 510 g/mol. The number of benzene rings is 1. The lowest BCUT2D eigenvalue weighted by molar-refractivity contribution is -0.134. The van der Waals surface area contributed by atoms with Crippen LogP contribution in [0.1, 0.15) is 72.7 Å². The van der Waals surface area contributed by atoms with Gasteiger partial charge in [-0.25, -0.2) is 4.68 Å². The number of nitrogens with one attached hydrogen (secondary N) is 2. The number of aromatic nitrogens is 2. The van der Waals surface area contributed by atoms with Gasteiger partial charge < -0.3 is 10.6 Å². The van der Waals surface area contributed by atoms with Crippen LogP contribution in [0.5, 0.6) is 0 Å². The van der Waals surface area contributed by atoms with Crippen LogP contribution in [0.2, 0.25) is 0 Å². The van der Waals surface area contributed by atoms with Crippen molar-refractivity contribution in [2.24, 2.45) is 17.3 Å². The molecule has 7 heteroatoms. The van der Waals surface area contributed by atoms with Gasteiger partial charge in [-0.05, 0) is 75.5 Å². The first-order valence-electron chi connectivity index (χ1n) is 13.9. The van der Waals surface area contributed by atoms with E-state index in [0.717, 1.165) is 56.0 Å². The molecule has 0 bridgehead atoms. The van der Waals surface area contributed by atoms with E-state index in [1.165, 1.54) is 0 Å². The molecule has 0 atom stereocenters. The van der Waals surface area contributed by atoms with Crippen molar-refractivity contribution in [3.63, 3.8) is 0 Å². The third-order valence-electron chi connectivity index (χ3n) is 6.82. The molecule has 0 radical (unpaired) electrons. The van der Waals surface area contributed by atoms with Gasteiger partial charge in [0.1, 0.15) is 0 Å². The zero-order valence-electron chi connectivity index (χ0n) is 23.9. The van der Waals surface area contributed by atoms with Crippen molar-refractivity contribution in [3.05, 3.63) is 47.8 Å². The summed E-state index contributed by atoms with van der Waals surface area (Å²) in [6, 6.07) is 12.2. The first kappa shape index (κ1) is 28.9. The van der Waals surface area contributed by atoms with Gasteiger partial charge in [0.25, 0.3) is 0 Å². The first-order valence-corrected chi connectivity index (χ1v) is 13.9. The molecule has 1 aromatic heterocycles. The first-order chi connectivity index (χ1) is 17.5. The molecule has 2 amide bonds. The fraction of sp³-hybridized carbons (Fsp3) is 0.633. The molecule has 2 fully saturated rings. The van der Waals surface area contributed by atoms with Crippen LogP contribution < -0.4 is 10.6 Å². The molecule has 2 N–H and O–H groups in total. The van der Waals surface area contributed by atoms with Crippen molar-refractivity contribution in [2.45, 2.75) is 79.7 Å². The van der Waals surface area contributed by atoms with Crippen molar-refractivity contribution in [2.75, 3.05) is 26.2 Å². The number of para-hydroxylation sites is 1. The second kappa shape index (κ2) is 12.2. The van der Waals surface area contributed by atoms with Crippen LogP contribution >= 0.6 is 0 Å². The summed E-state index contributed by atoms with van der Waals surface area (Å²) in [5.41, 5.74) is 3.16. The van der Waals surface area contributed by atoms with Gasteiger partial charge in [-0.3, -0.25) is 14.5 Å². The molecule has 1 saturated heterocycles. The van der Waals surface area contributed by atoms with Crippen LogP contribution in [-0.4, -0.2) is 58.2 Å². The van der Waals surface area contributed by atoms with E-state index in [0.29, 0.717) is 30.2 Å².